The van der Waals surface area contributed by atoms with Crippen molar-refractivity contribution in [3.63, 3.8) is 0 Å². The van der Waals surface area contributed by atoms with Gasteiger partial charge in [0.1, 0.15) is 11.6 Å². The van der Waals surface area contributed by atoms with Gasteiger partial charge in [0.15, 0.2) is 6.61 Å². The van der Waals surface area contributed by atoms with E-state index in [0.717, 1.165) is 28.3 Å². The highest BCUT2D eigenvalue weighted by Crippen LogP contribution is 2.23. The molecule has 0 aliphatic rings. The topological polar surface area (TPSA) is 111 Å². The van der Waals surface area contributed by atoms with Gasteiger partial charge in [-0.2, -0.15) is 10.4 Å². The third-order valence-corrected chi connectivity index (χ3v) is 5.66. The number of benzene rings is 1. The van der Waals surface area contributed by atoms with E-state index in [9.17, 15) is 14.9 Å². The van der Waals surface area contributed by atoms with E-state index in [2.05, 4.69) is 10.4 Å². The number of anilines is 1. The molecule has 1 amide bonds. The van der Waals surface area contributed by atoms with Crippen molar-refractivity contribution in [2.45, 2.75) is 34.2 Å². The van der Waals surface area contributed by atoms with E-state index >= 15 is 0 Å². The summed E-state index contributed by atoms with van der Waals surface area (Å²) in [7, 11) is 1.63. The van der Waals surface area contributed by atoms with E-state index in [1.165, 1.54) is 6.08 Å². The number of hydrogen-bond acceptors (Lipinski definition) is 6. The third kappa shape index (κ3) is 5.86. The van der Waals surface area contributed by atoms with Crippen molar-refractivity contribution in [2.24, 2.45) is 0 Å². The van der Waals surface area contributed by atoms with Crippen LogP contribution in [0.2, 0.25) is 0 Å². The first kappa shape index (κ1) is 25.5. The van der Waals surface area contributed by atoms with Crippen LogP contribution >= 0.6 is 0 Å². The van der Waals surface area contributed by atoms with Crippen molar-refractivity contribution in [3.05, 3.63) is 70.3 Å². The Morgan fingerprint density at radius 3 is 2.51 bits per heavy atom. The number of aromatic nitrogens is 3. The number of amides is 1. The molecule has 182 valence electrons. The molecule has 0 fully saturated rings. The van der Waals surface area contributed by atoms with Crippen LogP contribution in [0.4, 0.5) is 5.69 Å². The number of carbonyl (C=O) groups is 2. The summed E-state index contributed by atoms with van der Waals surface area (Å²) in [5.41, 5.74) is 5.23. The summed E-state index contributed by atoms with van der Waals surface area (Å²) in [6.07, 6.45) is 1.48. The first-order valence-electron chi connectivity index (χ1n) is 11.1. The second-order valence-electron chi connectivity index (χ2n) is 8.06. The summed E-state index contributed by atoms with van der Waals surface area (Å²) in [6, 6.07) is 13.3. The molecule has 1 N–H and O–H groups in total. The number of nitriles is 1. The summed E-state index contributed by atoms with van der Waals surface area (Å²) in [4.78, 5) is 25.0. The smallest absolute Gasteiger partial charge is 0.349 e. The second-order valence-corrected chi connectivity index (χ2v) is 8.06. The van der Waals surface area contributed by atoms with Crippen molar-refractivity contribution in [2.75, 3.05) is 25.6 Å². The molecular weight excluding hydrogens is 446 g/mol. The molecule has 2 heterocycles. The molecule has 0 aliphatic heterocycles. The van der Waals surface area contributed by atoms with Crippen LogP contribution < -0.4 is 5.32 Å². The van der Waals surface area contributed by atoms with E-state index in [1.807, 2.05) is 67.8 Å². The monoisotopic (exact) mass is 475 g/mol. The maximum absolute atomic E-state index is 12.5. The summed E-state index contributed by atoms with van der Waals surface area (Å²) in [6.45, 7) is 8.16. The van der Waals surface area contributed by atoms with E-state index in [1.54, 1.807) is 18.7 Å². The molecule has 0 bridgehead atoms. The van der Waals surface area contributed by atoms with Crippen LogP contribution in [0.3, 0.4) is 0 Å². The first-order chi connectivity index (χ1) is 16.8. The molecule has 0 saturated heterocycles. The number of rotatable bonds is 9. The molecule has 3 rings (SSSR count). The minimum absolute atomic E-state index is 0.186. The molecule has 35 heavy (non-hydrogen) atoms. The lowest BCUT2D eigenvalue weighted by atomic mass is 10.1. The molecule has 0 spiro atoms. The molecule has 9 heteroatoms. The average molecular weight is 476 g/mol. The van der Waals surface area contributed by atoms with Crippen molar-refractivity contribution in [1.29, 1.82) is 5.26 Å². The predicted molar refractivity (Wildman–Crippen MR) is 132 cm³/mol. The number of ether oxygens (including phenoxy) is 2. The molecule has 9 nitrogen and oxygen atoms in total. The molecule has 0 radical (unpaired) electrons. The SMILES string of the molecule is COCCn1c(C)cc(/C=C(/C#N)C(=O)OCC(=O)Nc2c(C)nn(-c3ccccc3)c2C)c1C. The zero-order chi connectivity index (χ0) is 25.5. The molecule has 0 aliphatic carbocycles. The maximum atomic E-state index is 12.5. The number of aryl methyl sites for hydroxylation is 2. The maximum Gasteiger partial charge on any atom is 0.349 e. The van der Waals surface area contributed by atoms with E-state index < -0.39 is 18.5 Å². The molecule has 0 atom stereocenters. The van der Waals surface area contributed by atoms with Gasteiger partial charge in [0.2, 0.25) is 0 Å². The fraction of sp³-hybridized carbons (Fsp3) is 0.308. The fourth-order valence-electron chi connectivity index (χ4n) is 3.82. The van der Waals surface area contributed by atoms with Gasteiger partial charge >= 0.3 is 5.97 Å². The highest BCUT2D eigenvalue weighted by atomic mass is 16.5. The Hall–Kier alpha value is -4.16. The largest absolute Gasteiger partial charge is 0.451 e. The Labute approximate surface area is 204 Å². The second kappa shape index (κ2) is 11.3. The highest BCUT2D eigenvalue weighted by Gasteiger charge is 2.18. The Morgan fingerprint density at radius 1 is 1.14 bits per heavy atom. The normalized spacial score (nSPS) is 11.3. The highest BCUT2D eigenvalue weighted by molar-refractivity contribution is 6.00. The van der Waals surface area contributed by atoms with Gasteiger partial charge in [-0.25, -0.2) is 9.48 Å². The molecule has 1 aromatic carbocycles. The number of nitrogens with zero attached hydrogens (tertiary/aromatic N) is 4. The van der Waals surface area contributed by atoms with Crippen LogP contribution in [-0.4, -0.2) is 46.5 Å². The molecule has 2 aromatic heterocycles. The Morgan fingerprint density at radius 2 is 1.86 bits per heavy atom. The Balaban J connectivity index is 1.67. The van der Waals surface area contributed by atoms with Crippen molar-refractivity contribution in [1.82, 2.24) is 14.3 Å². The van der Waals surface area contributed by atoms with E-state index in [4.69, 9.17) is 9.47 Å². The quantitative estimate of drug-likeness (QED) is 0.287. The van der Waals surface area contributed by atoms with Gasteiger partial charge in [-0.1, -0.05) is 18.2 Å². The number of methoxy groups -OCH3 is 1. The zero-order valence-electron chi connectivity index (χ0n) is 20.6. The summed E-state index contributed by atoms with van der Waals surface area (Å²) in [5.74, 6) is -1.38. The zero-order valence-corrected chi connectivity index (χ0v) is 20.6. The lowest BCUT2D eigenvalue weighted by Crippen LogP contribution is -2.22. The van der Waals surface area contributed by atoms with Crippen LogP contribution in [0.1, 0.15) is 28.3 Å². The third-order valence-electron chi connectivity index (χ3n) is 5.66. The number of nitrogens with one attached hydrogen (secondary N) is 1. The molecule has 3 aromatic rings. The standard InChI is InChI=1S/C26H29N5O4/c1-17-13-21(19(3)30(17)11-12-34-5)14-22(15-27)26(33)35-16-24(32)28-25-18(2)29-31(20(25)4)23-9-7-6-8-10-23/h6-10,13-14H,11-12,16H2,1-5H3,(H,28,32)/b22-14-. The predicted octanol–water partition coefficient (Wildman–Crippen LogP) is 3.64. The summed E-state index contributed by atoms with van der Waals surface area (Å²) in [5, 5.41) is 16.7. The lowest BCUT2D eigenvalue weighted by molar-refractivity contribution is -0.142. The first-order valence-corrected chi connectivity index (χ1v) is 11.1. The molecule has 0 saturated carbocycles. The van der Waals surface area contributed by atoms with Crippen LogP contribution in [0.5, 0.6) is 0 Å². The van der Waals surface area contributed by atoms with Crippen molar-refractivity contribution >= 4 is 23.6 Å². The van der Waals surface area contributed by atoms with Crippen molar-refractivity contribution in [3.8, 4) is 11.8 Å². The van der Waals surface area contributed by atoms with Gasteiger partial charge in [0.25, 0.3) is 5.91 Å². The van der Waals surface area contributed by atoms with Gasteiger partial charge in [0.05, 0.1) is 29.4 Å². The Kier molecular flexibility index (Phi) is 8.23. The molecular formula is C26H29N5O4. The molecule has 0 unspecified atom stereocenters. The number of hydrogen-bond donors (Lipinski definition) is 1. The van der Waals surface area contributed by atoms with Gasteiger partial charge in [0, 0.05) is 25.0 Å². The van der Waals surface area contributed by atoms with Gasteiger partial charge in [-0.05, 0) is 57.5 Å². The minimum Gasteiger partial charge on any atom is -0.451 e. The van der Waals surface area contributed by atoms with Crippen LogP contribution in [0.15, 0.2) is 42.0 Å². The van der Waals surface area contributed by atoms with Gasteiger partial charge in [-0.3, -0.25) is 4.79 Å². The summed E-state index contributed by atoms with van der Waals surface area (Å²) < 4.78 is 14.0. The summed E-state index contributed by atoms with van der Waals surface area (Å²) >= 11 is 0. The lowest BCUT2D eigenvalue weighted by Gasteiger charge is -2.08. The van der Waals surface area contributed by atoms with Gasteiger partial charge < -0.3 is 19.4 Å². The fourth-order valence-corrected chi connectivity index (χ4v) is 3.82. The van der Waals surface area contributed by atoms with Crippen molar-refractivity contribution < 1.29 is 19.1 Å². The van der Waals surface area contributed by atoms with Crippen LogP contribution in [0.25, 0.3) is 11.8 Å². The Bertz CT molecular complexity index is 1300. The van der Waals surface area contributed by atoms with E-state index in [0.29, 0.717) is 24.5 Å². The van der Waals surface area contributed by atoms with E-state index in [-0.39, 0.29) is 5.57 Å². The van der Waals surface area contributed by atoms with Crippen LogP contribution in [-0.2, 0) is 25.6 Å². The minimum atomic E-state index is -0.863. The number of para-hydroxylation sites is 1. The van der Waals surface area contributed by atoms with Gasteiger partial charge in [-0.15, -0.1) is 0 Å². The average Bonchev–Trinajstić information content (AvgIpc) is 3.28. The number of esters is 1. The number of carbonyl (C=O) groups excluding carboxylic acids is 2. The van der Waals surface area contributed by atoms with Crippen LogP contribution in [0, 0.1) is 39.0 Å².